The largest absolute Gasteiger partial charge is 0.497 e. The van der Waals surface area contributed by atoms with Gasteiger partial charge >= 0.3 is 5.97 Å². The van der Waals surface area contributed by atoms with Crippen LogP contribution in [0.25, 0.3) is 0 Å². The van der Waals surface area contributed by atoms with Crippen LogP contribution in [-0.4, -0.2) is 25.3 Å². The van der Waals surface area contributed by atoms with Gasteiger partial charge in [0.15, 0.2) is 0 Å². The van der Waals surface area contributed by atoms with E-state index in [9.17, 15) is 9.90 Å². The highest BCUT2D eigenvalue weighted by atomic mass is 16.5. The quantitative estimate of drug-likeness (QED) is 0.922. The zero-order chi connectivity index (χ0) is 15.8. The standard InChI is InChI=1S/C17H24O4/c1-16(2,3)12-9-11(20-4)10-13(14(12)21-5)17(15(18)19)7-6-8-17/h9-10H,6-8H2,1-5H3,(H,18,19). The van der Waals surface area contributed by atoms with E-state index in [0.29, 0.717) is 24.3 Å². The molecule has 0 heterocycles. The molecule has 0 aromatic heterocycles. The first kappa shape index (κ1) is 15.7. The molecule has 1 aliphatic rings. The summed E-state index contributed by atoms with van der Waals surface area (Å²) in [5, 5.41) is 9.72. The molecule has 1 aromatic rings. The smallest absolute Gasteiger partial charge is 0.314 e. The maximum atomic E-state index is 11.8. The summed E-state index contributed by atoms with van der Waals surface area (Å²) in [5.41, 5.74) is 0.734. The average Bonchev–Trinajstić information content (AvgIpc) is 2.34. The highest BCUT2D eigenvalue weighted by Crippen LogP contribution is 2.51. The third-order valence-corrected chi connectivity index (χ3v) is 4.44. The first-order chi connectivity index (χ1) is 9.76. The maximum absolute atomic E-state index is 11.8. The van der Waals surface area contributed by atoms with Crippen LogP contribution >= 0.6 is 0 Å². The molecule has 0 spiro atoms. The van der Waals surface area contributed by atoms with Gasteiger partial charge in [0.1, 0.15) is 11.5 Å². The van der Waals surface area contributed by atoms with Crippen molar-refractivity contribution in [3.05, 3.63) is 23.3 Å². The van der Waals surface area contributed by atoms with E-state index in [1.807, 2.05) is 12.1 Å². The van der Waals surface area contributed by atoms with Gasteiger partial charge < -0.3 is 14.6 Å². The third kappa shape index (κ3) is 2.47. The highest BCUT2D eigenvalue weighted by Gasteiger charge is 2.48. The molecule has 116 valence electrons. The Bertz CT molecular complexity index is 551. The number of methoxy groups -OCH3 is 2. The fourth-order valence-electron chi connectivity index (χ4n) is 2.98. The molecule has 0 saturated heterocycles. The van der Waals surface area contributed by atoms with Crippen LogP contribution in [0.15, 0.2) is 12.1 Å². The van der Waals surface area contributed by atoms with Gasteiger partial charge in [-0.1, -0.05) is 27.2 Å². The van der Waals surface area contributed by atoms with Gasteiger partial charge in [-0.05, 0) is 30.4 Å². The summed E-state index contributed by atoms with van der Waals surface area (Å²) in [5.74, 6) is 0.591. The van der Waals surface area contributed by atoms with Gasteiger partial charge in [0.05, 0.1) is 19.6 Å². The first-order valence-electron chi connectivity index (χ1n) is 7.26. The summed E-state index contributed by atoms with van der Waals surface area (Å²) < 4.78 is 11.0. The van der Waals surface area contributed by atoms with E-state index in [1.165, 1.54) is 0 Å². The maximum Gasteiger partial charge on any atom is 0.314 e. The normalized spacial score (nSPS) is 17.0. The van der Waals surface area contributed by atoms with Crippen molar-refractivity contribution in [2.24, 2.45) is 0 Å². The van der Waals surface area contributed by atoms with Gasteiger partial charge in [0, 0.05) is 11.1 Å². The van der Waals surface area contributed by atoms with E-state index in [2.05, 4.69) is 20.8 Å². The van der Waals surface area contributed by atoms with E-state index >= 15 is 0 Å². The lowest BCUT2D eigenvalue weighted by Crippen LogP contribution is -2.43. The average molecular weight is 292 g/mol. The summed E-state index contributed by atoms with van der Waals surface area (Å²) in [7, 11) is 3.21. The van der Waals surface area contributed by atoms with E-state index in [1.54, 1.807) is 14.2 Å². The van der Waals surface area contributed by atoms with Crippen LogP contribution in [0.3, 0.4) is 0 Å². The van der Waals surface area contributed by atoms with Crippen LogP contribution in [0.2, 0.25) is 0 Å². The van der Waals surface area contributed by atoms with Gasteiger partial charge in [0.2, 0.25) is 0 Å². The van der Waals surface area contributed by atoms with Crippen LogP contribution in [0.4, 0.5) is 0 Å². The minimum Gasteiger partial charge on any atom is -0.497 e. The molecule has 2 rings (SSSR count). The Balaban J connectivity index is 2.72. The second-order valence-corrected chi connectivity index (χ2v) is 6.75. The van der Waals surface area contributed by atoms with Crippen LogP contribution in [0.1, 0.15) is 51.2 Å². The number of aliphatic carboxylic acids is 1. The Kier molecular flexibility index (Phi) is 3.91. The van der Waals surface area contributed by atoms with Crippen molar-refractivity contribution >= 4 is 5.97 Å². The molecule has 0 bridgehead atoms. The lowest BCUT2D eigenvalue weighted by atomic mass is 9.63. The molecule has 1 saturated carbocycles. The summed E-state index contributed by atoms with van der Waals surface area (Å²) in [6.07, 6.45) is 2.22. The van der Waals surface area contributed by atoms with Gasteiger partial charge in [-0.25, -0.2) is 0 Å². The number of hydrogen-bond donors (Lipinski definition) is 1. The molecule has 1 fully saturated rings. The summed E-state index contributed by atoms with van der Waals surface area (Å²) in [6.45, 7) is 6.26. The zero-order valence-electron chi connectivity index (χ0n) is 13.4. The molecule has 0 unspecified atom stereocenters. The van der Waals surface area contributed by atoms with Crippen molar-refractivity contribution in [1.29, 1.82) is 0 Å². The Morgan fingerprint density at radius 1 is 1.19 bits per heavy atom. The van der Waals surface area contributed by atoms with Crippen LogP contribution < -0.4 is 9.47 Å². The molecule has 4 nitrogen and oxygen atoms in total. The number of rotatable bonds is 4. The van der Waals surface area contributed by atoms with E-state index < -0.39 is 11.4 Å². The SMILES string of the molecule is COc1cc(C(C)(C)C)c(OC)c(C2(C(=O)O)CCC2)c1. The van der Waals surface area contributed by atoms with Crippen molar-refractivity contribution in [2.45, 2.75) is 50.9 Å². The Morgan fingerprint density at radius 2 is 1.81 bits per heavy atom. The zero-order valence-corrected chi connectivity index (χ0v) is 13.4. The molecule has 1 aliphatic carbocycles. The molecular formula is C17H24O4. The molecule has 4 heteroatoms. The first-order valence-corrected chi connectivity index (χ1v) is 7.26. The van der Waals surface area contributed by atoms with Crippen molar-refractivity contribution in [2.75, 3.05) is 14.2 Å². The van der Waals surface area contributed by atoms with Gasteiger partial charge in [-0.15, -0.1) is 0 Å². The summed E-state index contributed by atoms with van der Waals surface area (Å²) in [6, 6.07) is 3.76. The summed E-state index contributed by atoms with van der Waals surface area (Å²) in [4.78, 5) is 11.8. The number of carboxylic acids is 1. The molecule has 0 aliphatic heterocycles. The van der Waals surface area contributed by atoms with Gasteiger partial charge in [0.25, 0.3) is 0 Å². The van der Waals surface area contributed by atoms with Crippen LogP contribution in [-0.2, 0) is 15.6 Å². The monoisotopic (exact) mass is 292 g/mol. The van der Waals surface area contributed by atoms with Crippen LogP contribution in [0.5, 0.6) is 11.5 Å². The second kappa shape index (κ2) is 5.24. The molecule has 1 aromatic carbocycles. The van der Waals surface area contributed by atoms with Gasteiger partial charge in [-0.2, -0.15) is 0 Å². The topological polar surface area (TPSA) is 55.8 Å². The van der Waals surface area contributed by atoms with E-state index in [4.69, 9.17) is 9.47 Å². The molecule has 0 amide bonds. The Morgan fingerprint density at radius 3 is 2.14 bits per heavy atom. The van der Waals surface area contributed by atoms with Crippen molar-refractivity contribution in [1.82, 2.24) is 0 Å². The molecule has 1 N–H and O–H groups in total. The minimum absolute atomic E-state index is 0.155. The van der Waals surface area contributed by atoms with Crippen molar-refractivity contribution in [3.63, 3.8) is 0 Å². The van der Waals surface area contributed by atoms with E-state index in [0.717, 1.165) is 17.5 Å². The third-order valence-electron chi connectivity index (χ3n) is 4.44. The second-order valence-electron chi connectivity index (χ2n) is 6.75. The van der Waals surface area contributed by atoms with Gasteiger partial charge in [-0.3, -0.25) is 4.79 Å². The summed E-state index contributed by atoms with van der Waals surface area (Å²) >= 11 is 0. The van der Waals surface area contributed by atoms with Crippen LogP contribution in [0, 0.1) is 0 Å². The molecule has 21 heavy (non-hydrogen) atoms. The van der Waals surface area contributed by atoms with Crippen molar-refractivity contribution < 1.29 is 19.4 Å². The molecule has 0 radical (unpaired) electrons. The fourth-order valence-corrected chi connectivity index (χ4v) is 2.98. The molecular weight excluding hydrogens is 268 g/mol. The lowest BCUT2D eigenvalue weighted by Gasteiger charge is -2.40. The number of benzene rings is 1. The predicted octanol–water partition coefficient (Wildman–Crippen LogP) is 3.51. The van der Waals surface area contributed by atoms with E-state index in [-0.39, 0.29) is 5.41 Å². The lowest BCUT2D eigenvalue weighted by molar-refractivity contribution is -0.147. The predicted molar refractivity (Wildman–Crippen MR) is 81.4 cm³/mol. The Labute approximate surface area is 126 Å². The number of hydrogen-bond acceptors (Lipinski definition) is 3. The molecule has 0 atom stereocenters. The fraction of sp³-hybridized carbons (Fsp3) is 0.588. The van der Waals surface area contributed by atoms with Crippen molar-refractivity contribution in [3.8, 4) is 11.5 Å². The Hall–Kier alpha value is -1.71. The number of ether oxygens (including phenoxy) is 2. The number of carbonyl (C=O) groups is 1. The number of carboxylic acid groups (broad SMARTS) is 1. The highest BCUT2D eigenvalue weighted by molar-refractivity contribution is 5.84. The minimum atomic E-state index is -0.833.